The number of carbonyl (C=O) groups is 1. The van der Waals surface area contributed by atoms with Gasteiger partial charge in [0.05, 0.1) is 17.5 Å². The Morgan fingerprint density at radius 3 is 2.05 bits per heavy atom. The number of thioether (sulfide) groups is 1. The third-order valence-corrected chi connectivity index (χ3v) is 9.36. The number of benzene rings is 3. The average Bonchev–Trinajstić information content (AvgIpc) is 3.26. The number of amidine groups is 1. The van der Waals surface area contributed by atoms with E-state index in [1.54, 1.807) is 35.2 Å². The van der Waals surface area contributed by atoms with E-state index in [1.165, 1.54) is 36.0 Å². The molecule has 1 saturated heterocycles. The minimum Gasteiger partial charge on any atom is -0.336 e. The summed E-state index contributed by atoms with van der Waals surface area (Å²) in [5.74, 6) is -0.760. The third kappa shape index (κ3) is 4.81. The molecule has 0 aliphatic carbocycles. The van der Waals surface area contributed by atoms with E-state index in [0.717, 1.165) is 21.7 Å². The number of nitrogens with zero attached hydrogens (tertiary/aromatic N) is 4. The molecule has 3 aromatic rings. The largest absolute Gasteiger partial charge is 0.336 e. The number of fused-ring (bicyclic) bond motifs is 3. The van der Waals surface area contributed by atoms with Crippen molar-refractivity contribution in [1.29, 1.82) is 0 Å². The quantitative estimate of drug-likeness (QED) is 0.483. The van der Waals surface area contributed by atoms with Gasteiger partial charge < -0.3 is 9.80 Å². The molecule has 11 heteroatoms. The number of halogens is 2. The lowest BCUT2D eigenvalue weighted by molar-refractivity contribution is 0.0597. The molecule has 196 valence electrons. The topological polar surface area (TPSA) is 73.3 Å². The highest BCUT2D eigenvalue weighted by Crippen LogP contribution is 2.42. The number of piperazine rings is 1. The van der Waals surface area contributed by atoms with Crippen LogP contribution in [0.3, 0.4) is 0 Å². The number of rotatable bonds is 4. The van der Waals surface area contributed by atoms with Gasteiger partial charge in [-0.2, -0.15) is 0 Å². The molecule has 0 aromatic heterocycles. The molecule has 6 rings (SSSR count). The number of anilines is 1. The lowest BCUT2D eigenvalue weighted by Gasteiger charge is -2.40. The first kappa shape index (κ1) is 25.0. The number of amides is 1. The SMILES string of the molecule is O=C(c1ccc2c(c1)SC1=NS(=O)(=O)CCN12)N1CCN(C(c2ccc(F)cc2)c2ccc(F)cc2)CC1. The van der Waals surface area contributed by atoms with Gasteiger partial charge in [-0.1, -0.05) is 24.3 Å². The van der Waals surface area contributed by atoms with Gasteiger partial charge in [-0.15, -0.1) is 4.40 Å². The lowest BCUT2D eigenvalue weighted by atomic mass is 9.96. The molecule has 0 atom stereocenters. The van der Waals surface area contributed by atoms with Crippen LogP contribution >= 0.6 is 11.8 Å². The predicted octanol–water partition coefficient (Wildman–Crippen LogP) is 4.12. The maximum Gasteiger partial charge on any atom is 0.257 e. The number of carbonyl (C=O) groups excluding carboxylic acids is 1. The van der Waals surface area contributed by atoms with Gasteiger partial charge in [0, 0.05) is 43.2 Å². The van der Waals surface area contributed by atoms with Crippen LogP contribution in [0, 0.1) is 11.6 Å². The molecular formula is C27H24F2N4O3S2. The maximum absolute atomic E-state index is 13.6. The van der Waals surface area contributed by atoms with Gasteiger partial charge >= 0.3 is 0 Å². The zero-order valence-corrected chi connectivity index (χ0v) is 21.9. The molecule has 0 unspecified atom stereocenters. The van der Waals surface area contributed by atoms with E-state index in [9.17, 15) is 22.0 Å². The van der Waals surface area contributed by atoms with Crippen LogP contribution in [0.15, 0.2) is 76.0 Å². The van der Waals surface area contributed by atoms with Crippen molar-refractivity contribution >= 4 is 38.5 Å². The third-order valence-electron chi connectivity index (χ3n) is 7.06. The summed E-state index contributed by atoms with van der Waals surface area (Å²) < 4.78 is 54.9. The fourth-order valence-corrected chi connectivity index (χ4v) is 7.43. The minimum absolute atomic E-state index is 0.0295. The van der Waals surface area contributed by atoms with Crippen molar-refractivity contribution in [2.75, 3.05) is 43.4 Å². The van der Waals surface area contributed by atoms with Crippen LogP contribution in [-0.4, -0.2) is 67.8 Å². The van der Waals surface area contributed by atoms with Crippen molar-refractivity contribution in [3.8, 4) is 0 Å². The summed E-state index contributed by atoms with van der Waals surface area (Å²) in [5, 5.41) is 0.428. The maximum atomic E-state index is 13.6. The van der Waals surface area contributed by atoms with Crippen molar-refractivity contribution in [2.45, 2.75) is 10.9 Å². The predicted molar refractivity (Wildman–Crippen MR) is 143 cm³/mol. The van der Waals surface area contributed by atoms with Crippen LogP contribution in [-0.2, 0) is 10.0 Å². The van der Waals surface area contributed by atoms with Crippen LogP contribution in [0.5, 0.6) is 0 Å². The molecule has 38 heavy (non-hydrogen) atoms. The average molecular weight is 555 g/mol. The Morgan fingerprint density at radius 2 is 1.45 bits per heavy atom. The van der Waals surface area contributed by atoms with Gasteiger partial charge in [-0.05, 0) is 65.4 Å². The van der Waals surface area contributed by atoms with E-state index in [4.69, 9.17) is 0 Å². The Kier molecular flexibility index (Phi) is 6.45. The monoisotopic (exact) mass is 554 g/mol. The zero-order chi connectivity index (χ0) is 26.4. The normalized spacial score (nSPS) is 18.8. The van der Waals surface area contributed by atoms with Crippen molar-refractivity contribution in [3.63, 3.8) is 0 Å². The van der Waals surface area contributed by atoms with Crippen LogP contribution < -0.4 is 4.90 Å². The lowest BCUT2D eigenvalue weighted by Crippen LogP contribution is -2.49. The van der Waals surface area contributed by atoms with Gasteiger partial charge in [-0.3, -0.25) is 9.69 Å². The Labute approximate surface area is 223 Å². The summed E-state index contributed by atoms with van der Waals surface area (Å²) in [6, 6.07) is 17.9. The molecule has 0 radical (unpaired) electrons. The molecular weight excluding hydrogens is 530 g/mol. The zero-order valence-electron chi connectivity index (χ0n) is 20.3. The van der Waals surface area contributed by atoms with Crippen LogP contribution in [0.4, 0.5) is 14.5 Å². The van der Waals surface area contributed by atoms with Crippen molar-refractivity contribution in [2.24, 2.45) is 4.40 Å². The first-order valence-corrected chi connectivity index (χ1v) is 14.7. The highest BCUT2D eigenvalue weighted by molar-refractivity contribution is 8.15. The standard InChI is InChI=1S/C27H24F2N4O3S2/c28-21-6-1-18(2-7-21)25(19-3-8-22(29)9-4-19)31-11-13-32(14-12-31)26(34)20-5-10-23-24(17-20)37-27-30-38(35,36)16-15-33(23)27/h1-10,17,25H,11-16H2. The van der Waals surface area contributed by atoms with Gasteiger partial charge in [0.2, 0.25) is 0 Å². The molecule has 0 saturated carbocycles. The summed E-state index contributed by atoms with van der Waals surface area (Å²) in [5.41, 5.74) is 3.21. The molecule has 0 bridgehead atoms. The second-order valence-corrected chi connectivity index (χ2v) is 12.2. The summed E-state index contributed by atoms with van der Waals surface area (Å²) >= 11 is 1.27. The van der Waals surface area contributed by atoms with E-state index in [2.05, 4.69) is 9.30 Å². The van der Waals surface area contributed by atoms with Gasteiger partial charge in [0.1, 0.15) is 11.6 Å². The molecule has 1 amide bonds. The van der Waals surface area contributed by atoms with E-state index in [-0.39, 0.29) is 29.3 Å². The van der Waals surface area contributed by atoms with E-state index < -0.39 is 10.0 Å². The highest BCUT2D eigenvalue weighted by atomic mass is 32.2. The molecule has 0 spiro atoms. The van der Waals surface area contributed by atoms with Crippen LogP contribution in [0.25, 0.3) is 0 Å². The van der Waals surface area contributed by atoms with E-state index in [1.807, 2.05) is 17.0 Å². The van der Waals surface area contributed by atoms with Crippen molar-refractivity contribution in [1.82, 2.24) is 9.80 Å². The fraction of sp³-hybridized carbons (Fsp3) is 0.259. The highest BCUT2D eigenvalue weighted by Gasteiger charge is 2.34. The molecule has 3 aliphatic heterocycles. The van der Waals surface area contributed by atoms with Crippen LogP contribution in [0.2, 0.25) is 0 Å². The molecule has 7 nitrogen and oxygen atoms in total. The first-order valence-electron chi connectivity index (χ1n) is 12.2. The van der Waals surface area contributed by atoms with Crippen LogP contribution in [0.1, 0.15) is 27.5 Å². The van der Waals surface area contributed by atoms with Gasteiger partial charge in [-0.25, -0.2) is 17.2 Å². The summed E-state index contributed by atoms with van der Waals surface area (Å²) in [6.45, 7) is 2.53. The van der Waals surface area contributed by atoms with Crippen molar-refractivity contribution < 1.29 is 22.0 Å². The van der Waals surface area contributed by atoms with E-state index in [0.29, 0.717) is 43.5 Å². The Hall–Kier alpha value is -3.28. The number of sulfonamides is 1. The molecule has 0 N–H and O–H groups in total. The van der Waals surface area contributed by atoms with Gasteiger partial charge in [0.15, 0.2) is 5.17 Å². The van der Waals surface area contributed by atoms with Gasteiger partial charge in [0.25, 0.3) is 15.9 Å². The smallest absolute Gasteiger partial charge is 0.257 e. The van der Waals surface area contributed by atoms with Crippen molar-refractivity contribution in [3.05, 3.63) is 95.1 Å². The summed E-state index contributed by atoms with van der Waals surface area (Å²) in [4.78, 5) is 20.1. The molecule has 3 aromatic carbocycles. The molecule has 1 fully saturated rings. The minimum atomic E-state index is -3.45. The number of hydrogen-bond donors (Lipinski definition) is 0. The Morgan fingerprint density at radius 1 is 0.842 bits per heavy atom. The summed E-state index contributed by atoms with van der Waals surface area (Å²) in [7, 11) is -3.45. The molecule has 3 aliphatic rings. The summed E-state index contributed by atoms with van der Waals surface area (Å²) in [6.07, 6.45) is 0. The molecule has 3 heterocycles. The first-order chi connectivity index (χ1) is 18.3. The fourth-order valence-electron chi connectivity index (χ4n) is 5.13. The Balaban J connectivity index is 1.18. The second-order valence-electron chi connectivity index (χ2n) is 9.43. The second kappa shape index (κ2) is 9.79. The number of hydrogen-bond acceptors (Lipinski definition) is 6. The van der Waals surface area contributed by atoms with E-state index >= 15 is 0 Å². The Bertz CT molecular complexity index is 1480.